The van der Waals surface area contributed by atoms with E-state index in [1.165, 1.54) is 0 Å². The highest BCUT2D eigenvalue weighted by atomic mass is 16.2. The average Bonchev–Trinajstić information content (AvgIpc) is 3.04. The van der Waals surface area contributed by atoms with Gasteiger partial charge in [-0.05, 0) is 25.0 Å². The van der Waals surface area contributed by atoms with Crippen LogP contribution >= 0.6 is 0 Å². The molecule has 0 aromatic carbocycles. The highest BCUT2D eigenvalue weighted by Crippen LogP contribution is 2.17. The van der Waals surface area contributed by atoms with E-state index < -0.39 is 0 Å². The Kier molecular flexibility index (Phi) is 5.69. The normalized spacial score (nSPS) is 10.9. The van der Waals surface area contributed by atoms with Crippen molar-refractivity contribution in [2.24, 2.45) is 0 Å². The van der Waals surface area contributed by atoms with Crippen LogP contribution in [-0.2, 0) is 0 Å². The second-order valence-electron chi connectivity index (χ2n) is 5.53. The van der Waals surface area contributed by atoms with Crippen molar-refractivity contribution in [1.29, 1.82) is 0 Å². The van der Waals surface area contributed by atoms with Gasteiger partial charge >= 0.3 is 6.03 Å². The van der Waals surface area contributed by atoms with Gasteiger partial charge in [-0.1, -0.05) is 26.7 Å². The third kappa shape index (κ3) is 3.72. The molecule has 2 aromatic rings. The minimum atomic E-state index is -0.0328. The fourth-order valence-corrected chi connectivity index (χ4v) is 2.63. The monoisotopic (exact) mass is 300 g/mol. The number of aromatic nitrogens is 3. The lowest BCUT2D eigenvalue weighted by atomic mass is 10.1. The van der Waals surface area contributed by atoms with Gasteiger partial charge in [-0.15, -0.1) is 0 Å². The van der Waals surface area contributed by atoms with Crippen LogP contribution in [0, 0.1) is 0 Å². The molecule has 0 N–H and O–H groups in total. The fraction of sp³-hybridized carbons (Fsp3) is 0.471. The molecule has 2 aromatic heterocycles. The summed E-state index contributed by atoms with van der Waals surface area (Å²) in [5, 5.41) is 0. The number of pyridine rings is 1. The summed E-state index contributed by atoms with van der Waals surface area (Å²) in [7, 11) is 1.88. The SMILES string of the molecule is CCCC(CCC)N(C)C(=O)n1cnc(-c2cccnc2)c1. The second-order valence-corrected chi connectivity index (χ2v) is 5.53. The van der Waals surface area contributed by atoms with E-state index in [4.69, 9.17) is 0 Å². The highest BCUT2D eigenvalue weighted by molar-refractivity contribution is 5.78. The first-order valence-electron chi connectivity index (χ1n) is 7.88. The summed E-state index contributed by atoms with van der Waals surface area (Å²) >= 11 is 0. The van der Waals surface area contributed by atoms with Crippen LogP contribution in [0.25, 0.3) is 11.3 Å². The quantitative estimate of drug-likeness (QED) is 0.815. The van der Waals surface area contributed by atoms with E-state index in [0.717, 1.165) is 36.9 Å². The second kappa shape index (κ2) is 7.73. The van der Waals surface area contributed by atoms with Crippen LogP contribution in [0.4, 0.5) is 4.79 Å². The van der Waals surface area contributed by atoms with Crippen molar-refractivity contribution in [3.63, 3.8) is 0 Å². The van der Waals surface area contributed by atoms with Crippen LogP contribution in [0.1, 0.15) is 39.5 Å². The molecule has 22 heavy (non-hydrogen) atoms. The van der Waals surface area contributed by atoms with Gasteiger partial charge in [0.2, 0.25) is 0 Å². The molecule has 2 heterocycles. The third-order valence-electron chi connectivity index (χ3n) is 3.85. The molecule has 0 saturated heterocycles. The average molecular weight is 300 g/mol. The number of carbonyl (C=O) groups is 1. The fourth-order valence-electron chi connectivity index (χ4n) is 2.63. The zero-order valence-electron chi connectivity index (χ0n) is 13.6. The molecule has 0 spiro atoms. The van der Waals surface area contributed by atoms with Crippen molar-refractivity contribution in [2.45, 2.75) is 45.6 Å². The molecular formula is C17H24N4O. The molecular weight excluding hydrogens is 276 g/mol. The van der Waals surface area contributed by atoms with Gasteiger partial charge in [0, 0.05) is 37.2 Å². The summed E-state index contributed by atoms with van der Waals surface area (Å²) in [6, 6.07) is 4.05. The summed E-state index contributed by atoms with van der Waals surface area (Å²) < 4.78 is 1.56. The largest absolute Gasteiger partial charge is 0.329 e. The standard InChI is InChI=1S/C17H24N4O/c1-4-7-15(8-5-2)20(3)17(22)21-12-16(19-13-21)14-9-6-10-18-11-14/h6,9-13,15H,4-5,7-8H2,1-3H3. The molecule has 118 valence electrons. The molecule has 0 fully saturated rings. The predicted octanol–water partition coefficient (Wildman–Crippen LogP) is 3.81. The van der Waals surface area contributed by atoms with E-state index in [1.807, 2.05) is 24.1 Å². The molecule has 0 aliphatic heterocycles. The first kappa shape index (κ1) is 16.2. The summed E-state index contributed by atoms with van der Waals surface area (Å²) in [6.45, 7) is 4.30. The summed E-state index contributed by atoms with van der Waals surface area (Å²) in [5.41, 5.74) is 1.67. The molecule has 2 rings (SSSR count). The Morgan fingerprint density at radius 1 is 1.32 bits per heavy atom. The Morgan fingerprint density at radius 2 is 2.05 bits per heavy atom. The number of hydrogen-bond acceptors (Lipinski definition) is 3. The molecule has 0 aliphatic rings. The summed E-state index contributed by atoms with van der Waals surface area (Å²) in [4.78, 5) is 22.8. The van der Waals surface area contributed by atoms with Gasteiger partial charge in [-0.25, -0.2) is 9.78 Å². The Morgan fingerprint density at radius 3 is 2.64 bits per heavy atom. The molecule has 5 heteroatoms. The Labute approximate surface area is 132 Å². The maximum absolute atomic E-state index is 12.6. The van der Waals surface area contributed by atoms with Crippen molar-refractivity contribution >= 4 is 6.03 Å². The Bertz CT molecular complexity index is 588. The van der Waals surface area contributed by atoms with Crippen molar-refractivity contribution < 1.29 is 4.79 Å². The number of imidazole rings is 1. The van der Waals surface area contributed by atoms with Gasteiger partial charge in [-0.2, -0.15) is 0 Å². The topological polar surface area (TPSA) is 51.0 Å². The van der Waals surface area contributed by atoms with Crippen molar-refractivity contribution in [3.8, 4) is 11.3 Å². The minimum Gasteiger partial charge on any atom is -0.324 e. The molecule has 0 radical (unpaired) electrons. The molecule has 0 bridgehead atoms. The molecule has 0 unspecified atom stereocenters. The van der Waals surface area contributed by atoms with Crippen molar-refractivity contribution in [1.82, 2.24) is 19.4 Å². The van der Waals surface area contributed by atoms with E-state index in [2.05, 4.69) is 23.8 Å². The van der Waals surface area contributed by atoms with Gasteiger partial charge in [0.1, 0.15) is 6.33 Å². The molecule has 5 nitrogen and oxygen atoms in total. The molecule has 0 aliphatic carbocycles. The van der Waals surface area contributed by atoms with Crippen LogP contribution in [0.3, 0.4) is 0 Å². The van der Waals surface area contributed by atoms with E-state index in [9.17, 15) is 4.79 Å². The summed E-state index contributed by atoms with van der Waals surface area (Å²) in [5.74, 6) is 0. The van der Waals surface area contributed by atoms with Crippen LogP contribution in [0.5, 0.6) is 0 Å². The maximum atomic E-state index is 12.6. The predicted molar refractivity (Wildman–Crippen MR) is 87.6 cm³/mol. The van der Waals surface area contributed by atoms with Crippen LogP contribution in [-0.4, -0.2) is 38.6 Å². The minimum absolute atomic E-state index is 0.0328. The first-order chi connectivity index (χ1) is 10.7. The van der Waals surface area contributed by atoms with E-state index >= 15 is 0 Å². The number of rotatable bonds is 6. The molecule has 0 atom stereocenters. The lowest BCUT2D eigenvalue weighted by Gasteiger charge is -2.27. The molecule has 1 amide bonds. The number of nitrogens with zero attached hydrogens (tertiary/aromatic N) is 4. The Hall–Kier alpha value is -2.17. The lowest BCUT2D eigenvalue weighted by Crippen LogP contribution is -2.39. The van der Waals surface area contributed by atoms with Gasteiger partial charge in [0.15, 0.2) is 0 Å². The van der Waals surface area contributed by atoms with Gasteiger partial charge in [-0.3, -0.25) is 9.55 Å². The third-order valence-corrected chi connectivity index (χ3v) is 3.85. The number of carbonyl (C=O) groups excluding carboxylic acids is 1. The van der Waals surface area contributed by atoms with Gasteiger partial charge in [0.05, 0.1) is 5.69 Å². The van der Waals surface area contributed by atoms with E-state index in [0.29, 0.717) is 0 Å². The van der Waals surface area contributed by atoms with E-state index in [1.54, 1.807) is 29.5 Å². The zero-order chi connectivity index (χ0) is 15.9. The Balaban J connectivity index is 2.14. The van der Waals surface area contributed by atoms with Gasteiger partial charge < -0.3 is 4.90 Å². The molecule has 0 saturated carbocycles. The van der Waals surface area contributed by atoms with Crippen LogP contribution < -0.4 is 0 Å². The van der Waals surface area contributed by atoms with E-state index in [-0.39, 0.29) is 12.1 Å². The lowest BCUT2D eigenvalue weighted by molar-refractivity contribution is 0.184. The summed E-state index contributed by atoms with van der Waals surface area (Å²) in [6.07, 6.45) is 11.0. The first-order valence-corrected chi connectivity index (χ1v) is 7.88. The smallest absolute Gasteiger partial charge is 0.324 e. The van der Waals surface area contributed by atoms with Crippen molar-refractivity contribution in [2.75, 3.05) is 7.05 Å². The van der Waals surface area contributed by atoms with Crippen LogP contribution in [0.15, 0.2) is 37.1 Å². The highest BCUT2D eigenvalue weighted by Gasteiger charge is 2.20. The number of hydrogen-bond donors (Lipinski definition) is 0. The van der Waals surface area contributed by atoms with Crippen molar-refractivity contribution in [3.05, 3.63) is 37.1 Å². The van der Waals surface area contributed by atoms with Gasteiger partial charge in [0.25, 0.3) is 0 Å². The zero-order valence-corrected chi connectivity index (χ0v) is 13.6. The number of amides is 1. The maximum Gasteiger partial charge on any atom is 0.329 e. The van der Waals surface area contributed by atoms with Crippen LogP contribution in [0.2, 0.25) is 0 Å².